The number of likely N-dealkylation sites (tertiary alicyclic amines) is 1. The summed E-state index contributed by atoms with van der Waals surface area (Å²) in [5.74, 6) is -1.79. The minimum absolute atomic E-state index is 0.0523. The van der Waals surface area contributed by atoms with Crippen molar-refractivity contribution in [3.05, 3.63) is 89.6 Å². The Kier molecular flexibility index (Phi) is 8.15. The average Bonchev–Trinajstić information content (AvgIpc) is 3.50. The molecule has 10 heteroatoms. The van der Waals surface area contributed by atoms with Crippen molar-refractivity contribution in [3.8, 4) is 28.1 Å². The monoisotopic (exact) mass is 576 g/mol. The van der Waals surface area contributed by atoms with E-state index in [-0.39, 0.29) is 19.0 Å². The average molecular weight is 577 g/mol. The molecule has 3 aromatic carbocycles. The Morgan fingerprint density at radius 2 is 1.55 bits per heavy atom. The second-order valence-corrected chi connectivity index (χ2v) is 10.8. The molecular weight excluding hydrogens is 545 g/mol. The van der Waals surface area contributed by atoms with E-state index in [4.69, 9.17) is 4.74 Å². The van der Waals surface area contributed by atoms with Gasteiger partial charge in [0.25, 0.3) is 0 Å². The largest absolute Gasteiger partial charge is 0.471 e. The summed E-state index contributed by atoms with van der Waals surface area (Å²) < 4.78 is 45.0. The van der Waals surface area contributed by atoms with Crippen LogP contribution in [0.15, 0.2) is 72.9 Å². The van der Waals surface area contributed by atoms with Gasteiger partial charge >= 0.3 is 18.1 Å². The number of carbonyl (C=O) groups excluding carboxylic acids is 2. The van der Waals surface area contributed by atoms with Gasteiger partial charge in [-0.3, -0.25) is 4.79 Å². The summed E-state index contributed by atoms with van der Waals surface area (Å²) >= 11 is 0. The lowest BCUT2D eigenvalue weighted by Crippen LogP contribution is -2.45. The molecule has 2 heterocycles. The first-order chi connectivity index (χ1) is 20.0. The van der Waals surface area contributed by atoms with Crippen molar-refractivity contribution in [3.63, 3.8) is 0 Å². The Labute approximate surface area is 241 Å². The van der Waals surface area contributed by atoms with E-state index in [0.717, 1.165) is 27.2 Å². The number of halogens is 3. The second-order valence-electron chi connectivity index (χ2n) is 10.8. The second kappa shape index (κ2) is 11.8. The number of esters is 1. The Morgan fingerprint density at radius 1 is 0.905 bits per heavy atom. The highest BCUT2D eigenvalue weighted by molar-refractivity contribution is 5.92. The Balaban J connectivity index is 1.38. The molecule has 0 atom stereocenters. The number of hydrogen-bond donors (Lipinski definition) is 0. The zero-order valence-electron chi connectivity index (χ0n) is 23.6. The van der Waals surface area contributed by atoms with E-state index in [1.807, 2.05) is 48.7 Å². The molecule has 1 fully saturated rings. The molecule has 0 bridgehead atoms. The maximum Gasteiger partial charge on any atom is 0.471 e. The standard InChI is InChI=1S/C32H31F3N4O3/c1-20(2)21-4-10-25(11-5-21)29-19-39(37-36-29)28-17-26(16-27(18-28)30(40)42-3)23-8-6-22(7-9-23)24-12-14-38(15-13-24)31(41)32(33,34)35/h4-11,16-20,24H,12-15H2,1-3H3. The van der Waals surface area contributed by atoms with Crippen LogP contribution >= 0.6 is 0 Å². The minimum atomic E-state index is -4.85. The van der Waals surface area contributed by atoms with Gasteiger partial charge in [-0.25, -0.2) is 9.48 Å². The van der Waals surface area contributed by atoms with Crippen molar-refractivity contribution in [2.24, 2.45) is 0 Å². The summed E-state index contributed by atoms with van der Waals surface area (Å²) in [7, 11) is 1.32. The van der Waals surface area contributed by atoms with E-state index in [1.54, 1.807) is 16.8 Å². The van der Waals surface area contributed by atoms with E-state index in [1.165, 1.54) is 12.7 Å². The van der Waals surface area contributed by atoms with Crippen LogP contribution in [0.5, 0.6) is 0 Å². The molecule has 218 valence electrons. The van der Waals surface area contributed by atoms with Crippen LogP contribution in [0.2, 0.25) is 0 Å². The summed E-state index contributed by atoms with van der Waals surface area (Å²) in [5.41, 5.74) is 6.46. The highest BCUT2D eigenvalue weighted by atomic mass is 19.4. The first kappa shape index (κ1) is 29.0. The Bertz CT molecular complexity index is 1570. The third-order valence-electron chi connectivity index (χ3n) is 7.71. The smallest absolute Gasteiger partial charge is 0.465 e. The lowest BCUT2D eigenvalue weighted by molar-refractivity contribution is -0.186. The zero-order chi connectivity index (χ0) is 30.0. The summed E-state index contributed by atoms with van der Waals surface area (Å²) in [6.07, 6.45) is -2.13. The molecule has 1 aliphatic rings. The molecule has 4 aromatic rings. The lowest BCUT2D eigenvalue weighted by Gasteiger charge is -2.32. The predicted molar refractivity (Wildman–Crippen MR) is 152 cm³/mol. The maximum absolute atomic E-state index is 12.8. The number of aromatic nitrogens is 3. The highest BCUT2D eigenvalue weighted by Crippen LogP contribution is 2.33. The van der Waals surface area contributed by atoms with Crippen LogP contribution in [0.4, 0.5) is 13.2 Å². The fourth-order valence-corrected chi connectivity index (χ4v) is 5.25. The number of piperidine rings is 1. The summed E-state index contributed by atoms with van der Waals surface area (Å²) in [5, 5.41) is 8.64. The zero-order valence-corrected chi connectivity index (χ0v) is 23.6. The Morgan fingerprint density at radius 3 is 2.14 bits per heavy atom. The number of carbonyl (C=O) groups is 2. The number of benzene rings is 3. The Hall–Kier alpha value is -4.47. The molecule has 1 aliphatic heterocycles. The van der Waals surface area contributed by atoms with E-state index < -0.39 is 18.1 Å². The molecule has 1 amide bonds. The number of ether oxygens (including phenoxy) is 1. The van der Waals surface area contributed by atoms with Gasteiger partial charge in [0.05, 0.1) is 24.6 Å². The van der Waals surface area contributed by atoms with Gasteiger partial charge in [-0.05, 0) is 65.1 Å². The third-order valence-corrected chi connectivity index (χ3v) is 7.71. The van der Waals surface area contributed by atoms with Crippen LogP contribution in [0.25, 0.3) is 28.1 Å². The van der Waals surface area contributed by atoms with Crippen molar-refractivity contribution in [1.82, 2.24) is 19.9 Å². The SMILES string of the molecule is COC(=O)c1cc(-c2ccc(C3CCN(C(=O)C(F)(F)F)CC3)cc2)cc(-n2cc(-c3ccc(C(C)C)cc3)nn2)c1. The quantitative estimate of drug-likeness (QED) is 0.237. The van der Waals surface area contributed by atoms with Crippen LogP contribution < -0.4 is 0 Å². The van der Waals surface area contributed by atoms with E-state index in [2.05, 4.69) is 36.3 Å². The van der Waals surface area contributed by atoms with Gasteiger partial charge in [-0.1, -0.05) is 67.6 Å². The first-order valence-corrected chi connectivity index (χ1v) is 13.8. The van der Waals surface area contributed by atoms with Crippen molar-refractivity contribution in [2.45, 2.75) is 44.7 Å². The number of hydrogen-bond acceptors (Lipinski definition) is 5. The molecule has 7 nitrogen and oxygen atoms in total. The fraction of sp³-hybridized carbons (Fsp3) is 0.312. The number of alkyl halides is 3. The molecule has 1 saturated heterocycles. The molecule has 0 N–H and O–H groups in total. The van der Waals surface area contributed by atoms with Gasteiger partial charge in [0, 0.05) is 18.7 Å². The predicted octanol–water partition coefficient (Wildman–Crippen LogP) is 6.78. The molecular formula is C32H31F3N4O3. The van der Waals surface area contributed by atoms with Crippen LogP contribution in [-0.2, 0) is 9.53 Å². The van der Waals surface area contributed by atoms with E-state index in [0.29, 0.717) is 35.7 Å². The van der Waals surface area contributed by atoms with Gasteiger partial charge < -0.3 is 9.64 Å². The van der Waals surface area contributed by atoms with Crippen molar-refractivity contribution >= 4 is 11.9 Å². The van der Waals surface area contributed by atoms with Gasteiger partial charge in [-0.15, -0.1) is 5.10 Å². The number of methoxy groups -OCH3 is 1. The van der Waals surface area contributed by atoms with E-state index in [9.17, 15) is 22.8 Å². The number of amides is 1. The highest BCUT2D eigenvalue weighted by Gasteiger charge is 2.43. The summed E-state index contributed by atoms with van der Waals surface area (Å²) in [6, 6.07) is 21.3. The number of nitrogens with zero attached hydrogens (tertiary/aromatic N) is 4. The van der Waals surface area contributed by atoms with Gasteiger partial charge in [0.1, 0.15) is 5.69 Å². The van der Waals surface area contributed by atoms with Crippen molar-refractivity contribution in [2.75, 3.05) is 20.2 Å². The van der Waals surface area contributed by atoms with Crippen LogP contribution in [0.3, 0.4) is 0 Å². The molecule has 0 saturated carbocycles. The molecule has 0 unspecified atom stereocenters. The molecule has 0 radical (unpaired) electrons. The summed E-state index contributed by atoms with van der Waals surface area (Å²) in [6.45, 7) is 4.41. The summed E-state index contributed by atoms with van der Waals surface area (Å²) in [4.78, 5) is 25.0. The van der Waals surface area contributed by atoms with Crippen LogP contribution in [-0.4, -0.2) is 58.1 Å². The molecule has 5 rings (SSSR count). The first-order valence-electron chi connectivity index (χ1n) is 13.8. The van der Waals surface area contributed by atoms with Gasteiger partial charge in [0.15, 0.2) is 0 Å². The minimum Gasteiger partial charge on any atom is -0.465 e. The van der Waals surface area contributed by atoms with Crippen molar-refractivity contribution in [1.29, 1.82) is 0 Å². The van der Waals surface area contributed by atoms with Crippen LogP contribution in [0, 0.1) is 0 Å². The van der Waals surface area contributed by atoms with Crippen LogP contribution in [0.1, 0.15) is 60.0 Å². The molecule has 42 heavy (non-hydrogen) atoms. The van der Waals surface area contributed by atoms with Crippen molar-refractivity contribution < 1.29 is 27.5 Å². The topological polar surface area (TPSA) is 77.3 Å². The van der Waals surface area contributed by atoms with E-state index >= 15 is 0 Å². The molecule has 0 spiro atoms. The lowest BCUT2D eigenvalue weighted by atomic mass is 9.88. The fourth-order valence-electron chi connectivity index (χ4n) is 5.25. The maximum atomic E-state index is 12.8. The van der Waals surface area contributed by atoms with Gasteiger partial charge in [0.2, 0.25) is 0 Å². The molecule has 0 aliphatic carbocycles. The van der Waals surface area contributed by atoms with Gasteiger partial charge in [-0.2, -0.15) is 13.2 Å². The molecule has 1 aromatic heterocycles. The third kappa shape index (κ3) is 6.22. The normalized spacial score (nSPS) is 14.3. The number of rotatable bonds is 6.